The third-order valence-corrected chi connectivity index (χ3v) is 2.68. The fourth-order valence-electron chi connectivity index (χ4n) is 1.05. The number of hydrogen-bond donors (Lipinski definition) is 1. The second kappa shape index (κ2) is 4.36. The molecule has 5 heteroatoms. The maximum Gasteiger partial charge on any atom is 0.210 e. The predicted molar refractivity (Wildman–Crippen MR) is 49.4 cm³/mol. The van der Waals surface area contributed by atoms with Crippen LogP contribution in [0.25, 0.3) is 0 Å². The van der Waals surface area contributed by atoms with Gasteiger partial charge in [-0.3, -0.25) is 0 Å². The lowest BCUT2D eigenvalue weighted by atomic mass is 10.2. The monoisotopic (exact) mass is 201 g/mol. The molecule has 72 valence electrons. The number of nitrogens with two attached hydrogens (primary N) is 1. The Bertz CT molecular complexity index is 327. The molecule has 0 bridgehead atoms. The molecule has 1 aromatic carbocycles. The van der Waals surface area contributed by atoms with Gasteiger partial charge in [-0.25, -0.2) is 4.21 Å². The molecule has 1 atom stereocenters. The molecule has 2 N–H and O–H groups in total. The Morgan fingerprint density at radius 3 is 2.69 bits per heavy atom. The molecule has 0 saturated heterocycles. The van der Waals surface area contributed by atoms with Crippen molar-refractivity contribution in [1.29, 1.82) is 0 Å². The molecular weight excluding hydrogens is 190 g/mol. The van der Waals surface area contributed by atoms with Gasteiger partial charge in [-0.05, 0) is 18.6 Å². The number of hydrogen-bond acceptors (Lipinski definition) is 4. The van der Waals surface area contributed by atoms with Gasteiger partial charge in [-0.15, -0.1) is 0 Å². The van der Waals surface area contributed by atoms with Crippen LogP contribution < -0.4 is 10.6 Å². The van der Waals surface area contributed by atoms with E-state index in [1.807, 2.05) is 19.1 Å². The lowest BCUT2D eigenvalue weighted by Gasteiger charge is -2.08. The van der Waals surface area contributed by atoms with Gasteiger partial charge in [0.15, 0.2) is 0 Å². The minimum absolute atomic E-state index is 0.479. The maximum atomic E-state index is 11.3. The SMILES string of the molecule is COc1cccc(C)c1S(=O)ON. The number of rotatable bonds is 3. The van der Waals surface area contributed by atoms with E-state index in [2.05, 4.69) is 4.28 Å². The van der Waals surface area contributed by atoms with Gasteiger partial charge in [0.25, 0.3) is 0 Å². The summed E-state index contributed by atoms with van der Waals surface area (Å²) >= 11 is -1.66. The van der Waals surface area contributed by atoms with E-state index in [1.165, 1.54) is 7.11 Å². The lowest BCUT2D eigenvalue weighted by Crippen LogP contribution is -2.06. The van der Waals surface area contributed by atoms with Crippen LogP contribution in [0.4, 0.5) is 0 Å². The van der Waals surface area contributed by atoms with Crippen LogP contribution in [-0.4, -0.2) is 11.3 Å². The quantitative estimate of drug-likeness (QED) is 0.738. The van der Waals surface area contributed by atoms with Crippen LogP contribution in [-0.2, 0) is 15.4 Å². The van der Waals surface area contributed by atoms with E-state index in [9.17, 15) is 4.21 Å². The number of benzene rings is 1. The zero-order valence-electron chi connectivity index (χ0n) is 7.44. The van der Waals surface area contributed by atoms with Crippen LogP contribution in [0, 0.1) is 6.92 Å². The largest absolute Gasteiger partial charge is 0.495 e. The molecule has 0 aliphatic rings. The van der Waals surface area contributed by atoms with Crippen molar-refractivity contribution in [1.82, 2.24) is 0 Å². The van der Waals surface area contributed by atoms with E-state index in [1.54, 1.807) is 6.07 Å². The second-order valence-electron chi connectivity index (χ2n) is 2.44. The summed E-state index contributed by atoms with van der Waals surface area (Å²) in [7, 11) is 1.51. The highest BCUT2D eigenvalue weighted by Gasteiger charge is 2.13. The van der Waals surface area contributed by atoms with E-state index in [0.29, 0.717) is 10.6 Å². The summed E-state index contributed by atoms with van der Waals surface area (Å²) in [6.45, 7) is 1.81. The molecule has 13 heavy (non-hydrogen) atoms. The molecule has 0 spiro atoms. The van der Waals surface area contributed by atoms with Crippen molar-refractivity contribution in [2.45, 2.75) is 11.8 Å². The molecule has 0 aromatic heterocycles. The highest BCUT2D eigenvalue weighted by molar-refractivity contribution is 7.80. The first-order valence-corrected chi connectivity index (χ1v) is 4.70. The van der Waals surface area contributed by atoms with E-state index in [-0.39, 0.29) is 0 Å². The van der Waals surface area contributed by atoms with Crippen molar-refractivity contribution in [3.05, 3.63) is 23.8 Å². The van der Waals surface area contributed by atoms with Crippen LogP contribution in [0.1, 0.15) is 5.56 Å². The molecule has 1 rings (SSSR count). The van der Waals surface area contributed by atoms with Crippen LogP contribution in [0.2, 0.25) is 0 Å². The molecule has 4 nitrogen and oxygen atoms in total. The first-order valence-electron chi connectivity index (χ1n) is 3.63. The fourth-order valence-corrected chi connectivity index (χ4v) is 1.79. The molecule has 1 aromatic rings. The van der Waals surface area contributed by atoms with Crippen LogP contribution >= 0.6 is 0 Å². The highest BCUT2D eigenvalue weighted by Crippen LogP contribution is 2.25. The number of methoxy groups -OCH3 is 1. The molecular formula is C8H11NO3S. The van der Waals surface area contributed by atoms with Crippen molar-refractivity contribution in [2.24, 2.45) is 5.90 Å². The van der Waals surface area contributed by atoms with E-state index < -0.39 is 11.1 Å². The molecule has 0 radical (unpaired) electrons. The van der Waals surface area contributed by atoms with Gasteiger partial charge in [-0.2, -0.15) is 10.2 Å². The Kier molecular flexibility index (Phi) is 3.41. The zero-order valence-corrected chi connectivity index (χ0v) is 8.26. The third kappa shape index (κ3) is 2.06. The summed E-state index contributed by atoms with van der Waals surface area (Å²) in [6.07, 6.45) is 0. The van der Waals surface area contributed by atoms with E-state index in [4.69, 9.17) is 10.6 Å². The Morgan fingerprint density at radius 1 is 1.46 bits per heavy atom. The van der Waals surface area contributed by atoms with Crippen molar-refractivity contribution < 1.29 is 13.2 Å². The van der Waals surface area contributed by atoms with Gasteiger partial charge in [0.1, 0.15) is 10.6 Å². The second-order valence-corrected chi connectivity index (χ2v) is 3.51. The third-order valence-electron chi connectivity index (χ3n) is 1.65. The molecule has 0 aliphatic carbocycles. The summed E-state index contributed by atoms with van der Waals surface area (Å²) in [5.74, 6) is 5.36. The van der Waals surface area contributed by atoms with Crippen LogP contribution in [0.15, 0.2) is 23.1 Å². The first kappa shape index (κ1) is 10.2. The summed E-state index contributed by atoms with van der Waals surface area (Å²) in [5, 5.41) is 0. The van der Waals surface area contributed by atoms with Crippen LogP contribution in [0.3, 0.4) is 0 Å². The van der Waals surface area contributed by atoms with Gasteiger partial charge < -0.3 is 4.74 Å². The lowest BCUT2D eigenvalue weighted by molar-refractivity contribution is 0.359. The van der Waals surface area contributed by atoms with Crippen molar-refractivity contribution >= 4 is 11.1 Å². The summed E-state index contributed by atoms with van der Waals surface area (Å²) in [6, 6.07) is 5.33. The van der Waals surface area contributed by atoms with Gasteiger partial charge in [0.2, 0.25) is 11.1 Å². The molecule has 0 amide bonds. The Hall–Kier alpha value is -0.910. The van der Waals surface area contributed by atoms with Crippen molar-refractivity contribution in [3.8, 4) is 5.75 Å². The van der Waals surface area contributed by atoms with Crippen LogP contribution in [0.5, 0.6) is 5.75 Å². The summed E-state index contributed by atoms with van der Waals surface area (Å²) in [5.41, 5.74) is 0.822. The smallest absolute Gasteiger partial charge is 0.210 e. The highest BCUT2D eigenvalue weighted by atomic mass is 32.2. The minimum atomic E-state index is -1.66. The molecule has 1 unspecified atom stereocenters. The normalized spacial score (nSPS) is 12.5. The number of ether oxygens (including phenoxy) is 1. The Labute approximate surface area is 79.3 Å². The van der Waals surface area contributed by atoms with Crippen molar-refractivity contribution in [3.63, 3.8) is 0 Å². The van der Waals surface area contributed by atoms with E-state index >= 15 is 0 Å². The summed E-state index contributed by atoms with van der Waals surface area (Å²) in [4.78, 5) is 0.479. The first-order chi connectivity index (χ1) is 6.20. The predicted octanol–water partition coefficient (Wildman–Crippen LogP) is 0.917. The van der Waals surface area contributed by atoms with Gasteiger partial charge >= 0.3 is 0 Å². The topological polar surface area (TPSA) is 61.5 Å². The standard InChI is InChI=1S/C8H11NO3S/c1-6-4-3-5-7(11-2)8(6)13(10)12-9/h3-5H,9H2,1-2H3. The Balaban J connectivity index is 3.22. The number of aryl methyl sites for hydroxylation is 1. The van der Waals surface area contributed by atoms with E-state index in [0.717, 1.165) is 5.56 Å². The average Bonchev–Trinajstić information content (AvgIpc) is 2.16. The van der Waals surface area contributed by atoms with Gasteiger partial charge in [0, 0.05) is 0 Å². The average molecular weight is 201 g/mol. The molecule has 0 saturated carbocycles. The molecule has 0 heterocycles. The van der Waals surface area contributed by atoms with Crippen molar-refractivity contribution in [2.75, 3.05) is 7.11 Å². The zero-order chi connectivity index (χ0) is 9.84. The fraction of sp³-hybridized carbons (Fsp3) is 0.250. The van der Waals surface area contributed by atoms with Gasteiger partial charge in [0.05, 0.1) is 7.11 Å². The molecule has 0 aliphatic heterocycles. The maximum absolute atomic E-state index is 11.3. The molecule has 0 fully saturated rings. The summed E-state index contributed by atoms with van der Waals surface area (Å²) < 4.78 is 20.6. The van der Waals surface area contributed by atoms with Gasteiger partial charge in [-0.1, -0.05) is 12.1 Å². The Morgan fingerprint density at radius 2 is 2.15 bits per heavy atom. The minimum Gasteiger partial charge on any atom is -0.495 e.